The predicted molar refractivity (Wildman–Crippen MR) is 51.2 cm³/mol. The van der Waals surface area contributed by atoms with Gasteiger partial charge in [-0.05, 0) is 6.07 Å². The highest BCUT2D eigenvalue weighted by molar-refractivity contribution is 8.06. The van der Waals surface area contributed by atoms with Gasteiger partial charge in [-0.1, -0.05) is 0 Å². The van der Waals surface area contributed by atoms with Crippen LogP contribution in [0.5, 0.6) is 0 Å². The molecule has 1 fully saturated rings. The van der Waals surface area contributed by atoms with Crippen LogP contribution in [0.2, 0.25) is 0 Å². The molecule has 1 aliphatic heterocycles. The SMILES string of the molecule is c1cc(C2CSCCS2)co1. The summed E-state index contributed by atoms with van der Waals surface area (Å²) >= 11 is 4.08. The van der Waals surface area contributed by atoms with E-state index in [1.807, 2.05) is 29.8 Å². The summed E-state index contributed by atoms with van der Waals surface area (Å²) in [6.45, 7) is 0. The van der Waals surface area contributed by atoms with E-state index < -0.39 is 0 Å². The second-order valence-corrected chi connectivity index (χ2v) is 4.95. The smallest absolute Gasteiger partial charge is 0.0946 e. The fourth-order valence-corrected chi connectivity index (χ4v) is 3.85. The van der Waals surface area contributed by atoms with Crippen LogP contribution in [0.15, 0.2) is 23.0 Å². The first-order valence-electron chi connectivity index (χ1n) is 3.68. The third-order valence-electron chi connectivity index (χ3n) is 1.73. The van der Waals surface area contributed by atoms with Crippen LogP contribution in [0, 0.1) is 0 Å². The summed E-state index contributed by atoms with van der Waals surface area (Å²) in [4.78, 5) is 0. The van der Waals surface area contributed by atoms with E-state index in [-0.39, 0.29) is 0 Å². The van der Waals surface area contributed by atoms with Crippen LogP contribution in [0.25, 0.3) is 0 Å². The molecular formula is C8H10OS2. The van der Waals surface area contributed by atoms with Gasteiger partial charge in [0.05, 0.1) is 12.5 Å². The largest absolute Gasteiger partial charge is 0.472 e. The molecule has 1 aliphatic rings. The van der Waals surface area contributed by atoms with Gasteiger partial charge in [0.2, 0.25) is 0 Å². The molecule has 1 aromatic heterocycles. The van der Waals surface area contributed by atoms with Gasteiger partial charge in [-0.3, -0.25) is 0 Å². The zero-order valence-corrected chi connectivity index (χ0v) is 7.79. The van der Waals surface area contributed by atoms with Crippen molar-refractivity contribution >= 4 is 23.5 Å². The van der Waals surface area contributed by atoms with Crippen molar-refractivity contribution in [3.05, 3.63) is 24.2 Å². The van der Waals surface area contributed by atoms with Crippen LogP contribution in [-0.4, -0.2) is 17.3 Å². The zero-order valence-electron chi connectivity index (χ0n) is 6.16. The van der Waals surface area contributed by atoms with Crippen molar-refractivity contribution in [3.63, 3.8) is 0 Å². The van der Waals surface area contributed by atoms with E-state index in [1.54, 1.807) is 6.26 Å². The standard InChI is InChI=1S/C8H10OS2/c1-2-9-5-7(1)8-6-10-3-4-11-8/h1-2,5,8H,3-4,6H2. The molecule has 0 saturated carbocycles. The first-order valence-corrected chi connectivity index (χ1v) is 5.88. The Morgan fingerprint density at radius 3 is 3.09 bits per heavy atom. The Labute approximate surface area is 74.9 Å². The normalized spacial score (nSPS) is 25.3. The molecule has 1 nitrogen and oxygen atoms in total. The van der Waals surface area contributed by atoms with Gasteiger partial charge in [-0.2, -0.15) is 23.5 Å². The molecule has 0 spiro atoms. The maximum atomic E-state index is 5.05. The van der Waals surface area contributed by atoms with E-state index in [4.69, 9.17) is 4.42 Å². The predicted octanol–water partition coefficient (Wildman–Crippen LogP) is 2.80. The Bertz CT molecular complexity index is 202. The van der Waals surface area contributed by atoms with Crippen LogP contribution in [0.3, 0.4) is 0 Å². The lowest BCUT2D eigenvalue weighted by atomic mass is 10.3. The van der Waals surface area contributed by atoms with Gasteiger partial charge in [0.15, 0.2) is 0 Å². The Morgan fingerprint density at radius 2 is 2.45 bits per heavy atom. The Morgan fingerprint density at radius 1 is 1.45 bits per heavy atom. The molecule has 1 saturated heterocycles. The minimum atomic E-state index is 0.674. The third kappa shape index (κ3) is 1.76. The van der Waals surface area contributed by atoms with E-state index in [0.717, 1.165) is 0 Å². The van der Waals surface area contributed by atoms with Crippen molar-refractivity contribution in [1.82, 2.24) is 0 Å². The van der Waals surface area contributed by atoms with Crippen LogP contribution in [0.4, 0.5) is 0 Å². The number of thioether (sulfide) groups is 2. The summed E-state index contributed by atoms with van der Waals surface area (Å²) in [5, 5.41) is 0.674. The van der Waals surface area contributed by atoms with Crippen LogP contribution in [-0.2, 0) is 0 Å². The van der Waals surface area contributed by atoms with Gasteiger partial charge in [0.25, 0.3) is 0 Å². The first kappa shape index (κ1) is 7.62. The summed E-state index contributed by atoms with van der Waals surface area (Å²) in [6.07, 6.45) is 3.62. The molecule has 1 aromatic rings. The second kappa shape index (κ2) is 3.59. The molecule has 2 rings (SSSR count). The lowest BCUT2D eigenvalue weighted by molar-refractivity contribution is 0.564. The van der Waals surface area contributed by atoms with E-state index in [2.05, 4.69) is 6.07 Å². The quantitative estimate of drug-likeness (QED) is 0.669. The zero-order chi connectivity index (χ0) is 7.52. The molecule has 0 radical (unpaired) electrons. The average molecular weight is 186 g/mol. The molecule has 60 valence electrons. The minimum Gasteiger partial charge on any atom is -0.472 e. The summed E-state index contributed by atoms with van der Waals surface area (Å²) in [5.41, 5.74) is 1.35. The molecule has 2 heterocycles. The van der Waals surface area contributed by atoms with Crippen LogP contribution in [0.1, 0.15) is 10.8 Å². The molecule has 0 aromatic carbocycles. The summed E-state index contributed by atoms with van der Waals surface area (Å²) < 4.78 is 5.05. The molecule has 3 heteroatoms. The number of hydrogen-bond acceptors (Lipinski definition) is 3. The Hall–Kier alpha value is -0.0200. The molecule has 0 bridgehead atoms. The topological polar surface area (TPSA) is 13.1 Å². The summed E-state index contributed by atoms with van der Waals surface area (Å²) in [6, 6.07) is 2.07. The monoisotopic (exact) mass is 186 g/mol. The van der Waals surface area contributed by atoms with Gasteiger partial charge < -0.3 is 4.42 Å². The first-order chi connectivity index (χ1) is 5.47. The van der Waals surface area contributed by atoms with Gasteiger partial charge >= 0.3 is 0 Å². The van der Waals surface area contributed by atoms with E-state index in [9.17, 15) is 0 Å². The molecule has 0 aliphatic carbocycles. The number of furan rings is 1. The van der Waals surface area contributed by atoms with E-state index in [0.29, 0.717) is 5.25 Å². The van der Waals surface area contributed by atoms with E-state index in [1.165, 1.54) is 22.8 Å². The summed E-state index contributed by atoms with van der Waals surface area (Å²) in [5.74, 6) is 3.82. The van der Waals surface area contributed by atoms with Crippen molar-refractivity contribution in [2.45, 2.75) is 5.25 Å². The molecule has 0 amide bonds. The lowest BCUT2D eigenvalue weighted by Crippen LogP contribution is -2.05. The van der Waals surface area contributed by atoms with Crippen molar-refractivity contribution < 1.29 is 4.42 Å². The highest BCUT2D eigenvalue weighted by atomic mass is 32.2. The van der Waals surface area contributed by atoms with Gasteiger partial charge in [0, 0.05) is 28.1 Å². The van der Waals surface area contributed by atoms with Gasteiger partial charge in [-0.25, -0.2) is 0 Å². The average Bonchev–Trinajstić information content (AvgIpc) is 2.58. The second-order valence-electron chi connectivity index (χ2n) is 2.49. The Balaban J connectivity index is 2.04. The summed E-state index contributed by atoms with van der Waals surface area (Å²) in [7, 11) is 0. The van der Waals surface area contributed by atoms with E-state index >= 15 is 0 Å². The molecule has 11 heavy (non-hydrogen) atoms. The molecular weight excluding hydrogens is 176 g/mol. The van der Waals surface area contributed by atoms with Crippen molar-refractivity contribution in [3.8, 4) is 0 Å². The molecule has 0 N–H and O–H groups in total. The van der Waals surface area contributed by atoms with Gasteiger partial charge in [-0.15, -0.1) is 0 Å². The highest BCUT2D eigenvalue weighted by Crippen LogP contribution is 2.36. The fourth-order valence-electron chi connectivity index (χ4n) is 1.14. The van der Waals surface area contributed by atoms with Crippen molar-refractivity contribution in [1.29, 1.82) is 0 Å². The van der Waals surface area contributed by atoms with Crippen molar-refractivity contribution in [2.75, 3.05) is 17.3 Å². The molecule has 1 unspecified atom stereocenters. The van der Waals surface area contributed by atoms with Crippen LogP contribution >= 0.6 is 23.5 Å². The fraction of sp³-hybridized carbons (Fsp3) is 0.500. The van der Waals surface area contributed by atoms with Crippen molar-refractivity contribution in [2.24, 2.45) is 0 Å². The number of rotatable bonds is 1. The van der Waals surface area contributed by atoms with Crippen LogP contribution < -0.4 is 0 Å². The number of hydrogen-bond donors (Lipinski definition) is 0. The lowest BCUT2D eigenvalue weighted by Gasteiger charge is -2.19. The minimum absolute atomic E-state index is 0.674. The maximum Gasteiger partial charge on any atom is 0.0946 e. The Kier molecular flexibility index (Phi) is 2.48. The van der Waals surface area contributed by atoms with Gasteiger partial charge in [0.1, 0.15) is 0 Å². The third-order valence-corrected chi connectivity index (χ3v) is 4.54. The molecule has 1 atom stereocenters. The highest BCUT2D eigenvalue weighted by Gasteiger charge is 2.16. The maximum absolute atomic E-state index is 5.05.